The Morgan fingerprint density at radius 2 is 1.65 bits per heavy atom. The van der Waals surface area contributed by atoms with Crippen molar-refractivity contribution in [1.29, 1.82) is 0 Å². The molecule has 1 aliphatic heterocycles. The fraction of sp³-hybridized carbons (Fsp3) is 0.0952. The minimum Gasteiger partial charge on any atom is -0.338 e. The Bertz CT molecular complexity index is 992. The van der Waals surface area contributed by atoms with Gasteiger partial charge in [-0.1, -0.05) is 13.0 Å². The van der Waals surface area contributed by atoms with Gasteiger partial charge in [-0.05, 0) is 60.5 Å². The van der Waals surface area contributed by atoms with Gasteiger partial charge in [-0.3, -0.25) is 4.98 Å². The van der Waals surface area contributed by atoms with Crippen LogP contribution in [0.15, 0.2) is 77.0 Å². The van der Waals surface area contributed by atoms with Crippen molar-refractivity contribution in [3.8, 4) is 0 Å². The third-order valence-electron chi connectivity index (χ3n) is 4.22. The van der Waals surface area contributed by atoms with E-state index in [2.05, 4.69) is 29.4 Å². The van der Waals surface area contributed by atoms with Crippen LogP contribution in [0.25, 0.3) is 0 Å². The van der Waals surface area contributed by atoms with Crippen LogP contribution in [0, 0.1) is 5.82 Å². The maximum Gasteiger partial charge on any atom is 0.162 e. The molecule has 0 atom stereocenters. The lowest BCUT2D eigenvalue weighted by atomic mass is 10.1. The van der Waals surface area contributed by atoms with E-state index in [1.54, 1.807) is 24.5 Å². The summed E-state index contributed by atoms with van der Waals surface area (Å²) in [5.41, 5.74) is 4.57. The second-order valence-electron chi connectivity index (χ2n) is 5.97. The van der Waals surface area contributed by atoms with Crippen LogP contribution in [0.3, 0.4) is 0 Å². The average Bonchev–Trinajstić information content (AvgIpc) is 2.88. The molecular formula is C21H17FN4. The number of hydrogen-bond donors (Lipinski definition) is 1. The van der Waals surface area contributed by atoms with Crippen molar-refractivity contribution >= 4 is 23.0 Å². The van der Waals surface area contributed by atoms with E-state index < -0.39 is 0 Å². The normalized spacial score (nSPS) is 13.2. The van der Waals surface area contributed by atoms with E-state index in [0.29, 0.717) is 11.7 Å². The molecule has 4 nitrogen and oxygen atoms in total. The first-order valence-electron chi connectivity index (χ1n) is 8.46. The molecule has 26 heavy (non-hydrogen) atoms. The van der Waals surface area contributed by atoms with Crippen LogP contribution in [0.4, 0.5) is 15.8 Å². The van der Waals surface area contributed by atoms with Crippen LogP contribution in [0.5, 0.6) is 0 Å². The van der Waals surface area contributed by atoms with Crippen molar-refractivity contribution in [3.63, 3.8) is 0 Å². The van der Waals surface area contributed by atoms with Crippen molar-refractivity contribution in [2.75, 3.05) is 5.32 Å². The summed E-state index contributed by atoms with van der Waals surface area (Å²) >= 11 is 0. The average molecular weight is 344 g/mol. The first-order chi connectivity index (χ1) is 12.7. The molecule has 1 aliphatic rings. The summed E-state index contributed by atoms with van der Waals surface area (Å²) in [6, 6.07) is 16.1. The van der Waals surface area contributed by atoms with E-state index in [-0.39, 0.29) is 5.82 Å². The van der Waals surface area contributed by atoms with Gasteiger partial charge in [0, 0.05) is 23.5 Å². The summed E-state index contributed by atoms with van der Waals surface area (Å²) in [4.78, 5) is 13.5. The summed E-state index contributed by atoms with van der Waals surface area (Å²) in [5, 5.41) is 3.37. The number of aromatic nitrogens is 1. The maximum atomic E-state index is 13.3. The third kappa shape index (κ3) is 3.24. The number of halogens is 1. The van der Waals surface area contributed by atoms with Gasteiger partial charge >= 0.3 is 0 Å². The molecule has 1 N–H and O–H groups in total. The van der Waals surface area contributed by atoms with Gasteiger partial charge < -0.3 is 5.32 Å². The topological polar surface area (TPSA) is 49.6 Å². The molecule has 0 fully saturated rings. The van der Waals surface area contributed by atoms with E-state index in [4.69, 9.17) is 9.98 Å². The molecule has 0 aliphatic carbocycles. The number of fused-ring (bicyclic) bond motifs is 1. The lowest BCUT2D eigenvalue weighted by Crippen LogP contribution is -2.15. The number of aliphatic imine (C=N–C) groups is 2. The zero-order valence-electron chi connectivity index (χ0n) is 14.3. The Kier molecular flexibility index (Phi) is 4.27. The SMILES string of the molecule is CCc1ccc2c(c1)NC(c1ccc(F)cc1)=NC(c1ccncc1)=N2. The molecular weight excluding hydrogens is 327 g/mol. The summed E-state index contributed by atoms with van der Waals surface area (Å²) in [6.07, 6.45) is 4.35. The molecule has 4 rings (SSSR count). The van der Waals surface area contributed by atoms with Crippen LogP contribution < -0.4 is 5.32 Å². The number of hydrogen-bond acceptors (Lipinski definition) is 4. The molecule has 0 amide bonds. The molecule has 0 unspecified atom stereocenters. The predicted molar refractivity (Wildman–Crippen MR) is 103 cm³/mol. The zero-order chi connectivity index (χ0) is 17.9. The molecule has 0 saturated carbocycles. The second-order valence-corrected chi connectivity index (χ2v) is 5.97. The summed E-state index contributed by atoms with van der Waals surface area (Å²) < 4.78 is 13.3. The van der Waals surface area contributed by atoms with Crippen molar-refractivity contribution in [3.05, 3.63) is 89.5 Å². The summed E-state index contributed by atoms with van der Waals surface area (Å²) in [7, 11) is 0. The van der Waals surface area contributed by atoms with Gasteiger partial charge in [-0.25, -0.2) is 14.4 Å². The van der Waals surface area contributed by atoms with Crippen LogP contribution in [0.2, 0.25) is 0 Å². The molecule has 0 saturated heterocycles. The lowest BCUT2D eigenvalue weighted by molar-refractivity contribution is 0.628. The van der Waals surface area contributed by atoms with Crippen molar-refractivity contribution < 1.29 is 4.39 Å². The van der Waals surface area contributed by atoms with E-state index in [1.165, 1.54) is 17.7 Å². The van der Waals surface area contributed by atoms with Gasteiger partial charge in [0.1, 0.15) is 11.7 Å². The van der Waals surface area contributed by atoms with E-state index in [0.717, 1.165) is 28.9 Å². The molecule has 0 radical (unpaired) electrons. The molecule has 0 spiro atoms. The maximum absolute atomic E-state index is 13.3. The Balaban J connectivity index is 1.87. The summed E-state index contributed by atoms with van der Waals surface area (Å²) in [6.45, 7) is 2.11. The fourth-order valence-corrected chi connectivity index (χ4v) is 2.78. The Morgan fingerprint density at radius 1 is 0.885 bits per heavy atom. The van der Waals surface area contributed by atoms with Gasteiger partial charge in [0.2, 0.25) is 0 Å². The minimum absolute atomic E-state index is 0.278. The summed E-state index contributed by atoms with van der Waals surface area (Å²) in [5.74, 6) is 0.939. The highest BCUT2D eigenvalue weighted by Gasteiger charge is 2.15. The zero-order valence-corrected chi connectivity index (χ0v) is 14.3. The van der Waals surface area contributed by atoms with Crippen LogP contribution in [-0.4, -0.2) is 16.7 Å². The van der Waals surface area contributed by atoms with E-state index >= 15 is 0 Å². The number of nitrogens with zero attached hydrogens (tertiary/aromatic N) is 3. The van der Waals surface area contributed by atoms with Gasteiger partial charge in [0.05, 0.1) is 11.4 Å². The number of anilines is 1. The highest BCUT2D eigenvalue weighted by molar-refractivity contribution is 6.19. The largest absolute Gasteiger partial charge is 0.338 e. The number of aryl methyl sites for hydroxylation is 1. The molecule has 0 bridgehead atoms. The van der Waals surface area contributed by atoms with E-state index in [9.17, 15) is 4.39 Å². The highest BCUT2D eigenvalue weighted by Crippen LogP contribution is 2.30. The van der Waals surface area contributed by atoms with Crippen molar-refractivity contribution in [1.82, 2.24) is 4.98 Å². The number of benzene rings is 2. The molecule has 2 aromatic carbocycles. The van der Waals surface area contributed by atoms with E-state index in [1.807, 2.05) is 18.2 Å². The smallest absolute Gasteiger partial charge is 0.162 e. The number of nitrogens with one attached hydrogen (secondary N) is 1. The number of amidine groups is 2. The quantitative estimate of drug-likeness (QED) is 0.746. The molecule has 1 aromatic heterocycles. The predicted octanol–water partition coefficient (Wildman–Crippen LogP) is 4.73. The highest BCUT2D eigenvalue weighted by atomic mass is 19.1. The van der Waals surface area contributed by atoms with Crippen molar-refractivity contribution in [2.24, 2.45) is 9.98 Å². The molecule has 128 valence electrons. The number of rotatable bonds is 3. The van der Waals surface area contributed by atoms with Crippen LogP contribution in [0.1, 0.15) is 23.6 Å². The molecule has 3 aromatic rings. The number of pyridine rings is 1. The van der Waals surface area contributed by atoms with Crippen molar-refractivity contribution in [2.45, 2.75) is 13.3 Å². The Labute approximate surface area is 151 Å². The third-order valence-corrected chi connectivity index (χ3v) is 4.22. The minimum atomic E-state index is -0.278. The second kappa shape index (κ2) is 6.88. The fourth-order valence-electron chi connectivity index (χ4n) is 2.78. The molecule has 5 heteroatoms. The molecule has 2 heterocycles. The standard InChI is InChI=1S/C21H17FN4/c1-2-14-3-8-18-19(13-14)25-20(15-4-6-17(22)7-5-15)26-21(24-18)16-9-11-23-12-10-16/h3-13H,2H2,1H3,(H,24,25,26). The first kappa shape index (κ1) is 16.1. The van der Waals surface area contributed by atoms with Crippen LogP contribution >= 0.6 is 0 Å². The van der Waals surface area contributed by atoms with Gasteiger partial charge in [0.25, 0.3) is 0 Å². The lowest BCUT2D eigenvalue weighted by Gasteiger charge is -2.11. The van der Waals surface area contributed by atoms with Gasteiger partial charge in [0.15, 0.2) is 5.84 Å². The first-order valence-corrected chi connectivity index (χ1v) is 8.46. The van der Waals surface area contributed by atoms with Crippen LogP contribution in [-0.2, 0) is 6.42 Å². The Morgan fingerprint density at radius 3 is 2.38 bits per heavy atom. The van der Waals surface area contributed by atoms with Gasteiger partial charge in [-0.2, -0.15) is 0 Å². The monoisotopic (exact) mass is 344 g/mol. The Hall–Kier alpha value is -3.34. The van der Waals surface area contributed by atoms with Gasteiger partial charge in [-0.15, -0.1) is 0 Å².